The zero-order valence-corrected chi connectivity index (χ0v) is 10.7. The molecule has 0 aliphatic carbocycles. The van der Waals surface area contributed by atoms with Gasteiger partial charge >= 0.3 is 5.97 Å². The van der Waals surface area contributed by atoms with Crippen molar-refractivity contribution in [1.82, 2.24) is 4.90 Å². The molecule has 0 aromatic carbocycles. The molecule has 0 N–H and O–H groups in total. The molecule has 1 amide bonds. The van der Waals surface area contributed by atoms with E-state index in [9.17, 15) is 14.4 Å². The molecule has 5 nitrogen and oxygen atoms in total. The quantitative estimate of drug-likeness (QED) is 0.591. The summed E-state index contributed by atoms with van der Waals surface area (Å²) in [6, 6.07) is 3.52. The number of carbonyl (C=O) groups is 3. The molecule has 1 aromatic rings. The van der Waals surface area contributed by atoms with Crippen LogP contribution in [0.5, 0.6) is 0 Å². The molecule has 1 unspecified atom stereocenters. The summed E-state index contributed by atoms with van der Waals surface area (Å²) in [4.78, 5) is 37.2. The third-order valence-corrected chi connectivity index (χ3v) is 3.79. The highest BCUT2D eigenvalue weighted by molar-refractivity contribution is 7.12. The standard InChI is InChI=1S/C12H13NO4S/c1-17-12(16)8-4-5-13(7-9(8)14)11(15)10-3-2-6-18-10/h2-3,6,8H,4-5,7H2,1H3. The van der Waals surface area contributed by atoms with Crippen LogP contribution in [0.4, 0.5) is 0 Å². The molecule has 18 heavy (non-hydrogen) atoms. The topological polar surface area (TPSA) is 63.7 Å². The van der Waals surface area contributed by atoms with E-state index in [1.54, 1.807) is 12.1 Å². The van der Waals surface area contributed by atoms with E-state index in [4.69, 9.17) is 0 Å². The second-order valence-electron chi connectivity index (χ2n) is 4.03. The second kappa shape index (κ2) is 5.30. The van der Waals surface area contributed by atoms with E-state index in [1.165, 1.54) is 23.3 Å². The third-order valence-electron chi connectivity index (χ3n) is 2.93. The van der Waals surface area contributed by atoms with E-state index in [-0.39, 0.29) is 18.2 Å². The number of methoxy groups -OCH3 is 1. The van der Waals surface area contributed by atoms with Gasteiger partial charge < -0.3 is 9.64 Å². The van der Waals surface area contributed by atoms with Crippen LogP contribution < -0.4 is 0 Å². The summed E-state index contributed by atoms with van der Waals surface area (Å²) in [6.07, 6.45) is 0.336. The SMILES string of the molecule is COC(=O)C1CCN(C(=O)c2cccs2)CC1=O. The zero-order valence-electron chi connectivity index (χ0n) is 9.92. The molecular formula is C12H13NO4S. The van der Waals surface area contributed by atoms with Crippen molar-refractivity contribution < 1.29 is 19.1 Å². The number of thiophene rings is 1. The van der Waals surface area contributed by atoms with Crippen molar-refractivity contribution in [3.63, 3.8) is 0 Å². The van der Waals surface area contributed by atoms with E-state index in [0.29, 0.717) is 17.8 Å². The third kappa shape index (κ3) is 2.43. The summed E-state index contributed by atoms with van der Waals surface area (Å²) in [5, 5.41) is 1.82. The number of amides is 1. The zero-order chi connectivity index (χ0) is 13.1. The lowest BCUT2D eigenvalue weighted by molar-refractivity contribution is -0.151. The Morgan fingerprint density at radius 2 is 2.28 bits per heavy atom. The average Bonchev–Trinajstić information content (AvgIpc) is 2.90. The van der Waals surface area contributed by atoms with Crippen LogP contribution in [0.2, 0.25) is 0 Å². The number of piperidine rings is 1. The Hall–Kier alpha value is -1.69. The first kappa shape index (κ1) is 12.8. The van der Waals surface area contributed by atoms with Crippen molar-refractivity contribution in [3.8, 4) is 0 Å². The predicted octanol–water partition coefficient (Wildman–Crippen LogP) is 0.952. The molecule has 96 valence electrons. The van der Waals surface area contributed by atoms with Gasteiger partial charge in [-0.25, -0.2) is 0 Å². The average molecular weight is 267 g/mol. The molecule has 1 saturated heterocycles. The normalized spacial score (nSPS) is 19.7. The van der Waals surface area contributed by atoms with E-state index >= 15 is 0 Å². The minimum absolute atomic E-state index is 0.0174. The molecule has 1 fully saturated rings. The van der Waals surface area contributed by atoms with Crippen LogP contribution in [0.3, 0.4) is 0 Å². The summed E-state index contributed by atoms with van der Waals surface area (Å²) < 4.78 is 4.57. The van der Waals surface area contributed by atoms with E-state index in [2.05, 4.69) is 4.74 Å². The highest BCUT2D eigenvalue weighted by atomic mass is 32.1. The van der Waals surface area contributed by atoms with Gasteiger partial charge in [0, 0.05) is 6.54 Å². The van der Waals surface area contributed by atoms with Gasteiger partial charge in [0.2, 0.25) is 0 Å². The van der Waals surface area contributed by atoms with Crippen LogP contribution in [0, 0.1) is 5.92 Å². The lowest BCUT2D eigenvalue weighted by Gasteiger charge is -2.29. The van der Waals surface area contributed by atoms with Crippen LogP contribution in [0.25, 0.3) is 0 Å². The fourth-order valence-corrected chi connectivity index (χ4v) is 2.64. The van der Waals surface area contributed by atoms with Gasteiger partial charge in [0.05, 0.1) is 18.5 Å². The van der Waals surface area contributed by atoms with E-state index in [0.717, 1.165) is 0 Å². The maximum atomic E-state index is 12.0. The summed E-state index contributed by atoms with van der Waals surface area (Å²) in [5.41, 5.74) is 0. The highest BCUT2D eigenvalue weighted by Gasteiger charge is 2.35. The first-order chi connectivity index (χ1) is 8.63. The van der Waals surface area contributed by atoms with E-state index < -0.39 is 11.9 Å². The van der Waals surface area contributed by atoms with Crippen LogP contribution in [-0.4, -0.2) is 42.8 Å². The Morgan fingerprint density at radius 3 is 2.83 bits per heavy atom. The molecular weight excluding hydrogens is 254 g/mol. The largest absolute Gasteiger partial charge is 0.468 e. The highest BCUT2D eigenvalue weighted by Crippen LogP contribution is 2.19. The van der Waals surface area contributed by atoms with Gasteiger partial charge in [-0.15, -0.1) is 11.3 Å². The number of ether oxygens (including phenoxy) is 1. The molecule has 1 aliphatic heterocycles. The second-order valence-corrected chi connectivity index (χ2v) is 4.98. The Bertz CT molecular complexity index is 468. The Labute approximate surface area is 108 Å². The smallest absolute Gasteiger partial charge is 0.316 e. The number of likely N-dealkylation sites (tertiary alicyclic amines) is 1. The van der Waals surface area contributed by atoms with Gasteiger partial charge in [-0.2, -0.15) is 0 Å². The summed E-state index contributed by atoms with van der Waals surface area (Å²) in [6.45, 7) is 0.388. The van der Waals surface area contributed by atoms with Crippen molar-refractivity contribution in [2.75, 3.05) is 20.2 Å². The van der Waals surface area contributed by atoms with Crippen LogP contribution >= 0.6 is 11.3 Å². The number of nitrogens with zero attached hydrogens (tertiary/aromatic N) is 1. The number of hydrogen-bond donors (Lipinski definition) is 0. The molecule has 1 aliphatic rings. The molecule has 1 atom stereocenters. The Balaban J connectivity index is 2.02. The number of esters is 1. The number of ketones is 1. The Morgan fingerprint density at radius 1 is 1.50 bits per heavy atom. The van der Waals surface area contributed by atoms with Gasteiger partial charge in [0.15, 0.2) is 5.78 Å². The van der Waals surface area contributed by atoms with Crippen molar-refractivity contribution in [1.29, 1.82) is 0 Å². The van der Waals surface area contributed by atoms with Crippen molar-refractivity contribution >= 4 is 29.0 Å². The molecule has 6 heteroatoms. The minimum Gasteiger partial charge on any atom is -0.468 e. The Kier molecular flexibility index (Phi) is 3.76. The minimum atomic E-state index is -0.720. The molecule has 0 saturated carbocycles. The number of Topliss-reactive ketones (excluding diaryl/α,β-unsaturated/α-hetero) is 1. The molecule has 2 heterocycles. The fourth-order valence-electron chi connectivity index (χ4n) is 1.94. The molecule has 0 radical (unpaired) electrons. The molecule has 1 aromatic heterocycles. The van der Waals surface area contributed by atoms with Crippen molar-refractivity contribution in [2.24, 2.45) is 5.92 Å². The van der Waals surface area contributed by atoms with Crippen LogP contribution in [0.1, 0.15) is 16.1 Å². The summed E-state index contributed by atoms with van der Waals surface area (Å²) >= 11 is 1.34. The van der Waals surface area contributed by atoms with Gasteiger partial charge in [-0.3, -0.25) is 14.4 Å². The number of carbonyl (C=O) groups excluding carboxylic acids is 3. The van der Waals surface area contributed by atoms with Crippen LogP contribution in [-0.2, 0) is 14.3 Å². The van der Waals surface area contributed by atoms with E-state index in [1.807, 2.05) is 5.38 Å². The summed E-state index contributed by atoms with van der Waals surface area (Å²) in [7, 11) is 1.26. The van der Waals surface area contributed by atoms with Crippen molar-refractivity contribution in [2.45, 2.75) is 6.42 Å². The molecule has 0 bridgehead atoms. The maximum Gasteiger partial charge on any atom is 0.316 e. The monoisotopic (exact) mass is 267 g/mol. The first-order valence-electron chi connectivity index (χ1n) is 5.57. The van der Waals surface area contributed by atoms with Crippen LogP contribution in [0.15, 0.2) is 17.5 Å². The molecule has 2 rings (SSSR count). The first-order valence-corrected chi connectivity index (χ1v) is 6.44. The molecule has 0 spiro atoms. The van der Waals surface area contributed by atoms with Crippen molar-refractivity contribution in [3.05, 3.63) is 22.4 Å². The predicted molar refractivity (Wildman–Crippen MR) is 65.4 cm³/mol. The van der Waals surface area contributed by atoms with Gasteiger partial charge in [-0.1, -0.05) is 6.07 Å². The maximum absolute atomic E-state index is 12.0. The summed E-state index contributed by atoms with van der Waals surface area (Å²) in [5.74, 6) is -1.63. The number of rotatable bonds is 2. The van der Waals surface area contributed by atoms with Gasteiger partial charge in [0.1, 0.15) is 5.92 Å². The lowest BCUT2D eigenvalue weighted by Crippen LogP contribution is -2.46. The fraction of sp³-hybridized carbons (Fsp3) is 0.417. The lowest BCUT2D eigenvalue weighted by atomic mass is 9.95. The van der Waals surface area contributed by atoms with Gasteiger partial charge in [0.25, 0.3) is 5.91 Å². The number of hydrogen-bond acceptors (Lipinski definition) is 5. The van der Waals surface area contributed by atoms with Gasteiger partial charge in [-0.05, 0) is 17.9 Å².